The van der Waals surface area contributed by atoms with Gasteiger partial charge in [0.2, 0.25) is 0 Å². The van der Waals surface area contributed by atoms with E-state index in [1.165, 1.54) is 199 Å². The Hall–Kier alpha value is -1.94. The highest BCUT2D eigenvalue weighted by Crippen LogP contribution is 2.45. The van der Waals surface area contributed by atoms with Crippen LogP contribution in [-0.2, 0) is 65.4 Å². The summed E-state index contributed by atoms with van der Waals surface area (Å²) < 4.78 is 68.6. The normalized spacial score (nSPS) is 14.6. The molecule has 3 N–H and O–H groups in total. The van der Waals surface area contributed by atoms with E-state index in [4.69, 9.17) is 37.0 Å². The number of phosphoric ester groups is 2. The predicted molar refractivity (Wildman–Crippen MR) is 404 cm³/mol. The predicted octanol–water partition coefficient (Wildman–Crippen LogP) is 23.6. The van der Waals surface area contributed by atoms with Gasteiger partial charge in [-0.15, -0.1) is 0 Å². The molecule has 0 aromatic carbocycles. The average Bonchev–Trinajstić information content (AvgIpc) is 1.81. The molecule has 0 heterocycles. The zero-order chi connectivity index (χ0) is 73.1. The molecule has 7 atom stereocenters. The van der Waals surface area contributed by atoms with E-state index in [0.717, 1.165) is 115 Å². The number of aliphatic hydroxyl groups is 1. The lowest BCUT2D eigenvalue weighted by Crippen LogP contribution is -2.30. The molecule has 17 nitrogen and oxygen atoms in total. The van der Waals surface area contributed by atoms with Gasteiger partial charge in [0.05, 0.1) is 26.4 Å². The van der Waals surface area contributed by atoms with Gasteiger partial charge >= 0.3 is 39.5 Å². The van der Waals surface area contributed by atoms with Gasteiger partial charge in [-0.05, 0) is 49.4 Å². The molecule has 0 saturated carbocycles. The quantitative estimate of drug-likeness (QED) is 0.0222. The van der Waals surface area contributed by atoms with Crippen molar-refractivity contribution in [2.24, 2.45) is 23.7 Å². The first-order valence-electron chi connectivity index (χ1n) is 41.3. The topological polar surface area (TPSA) is 237 Å². The van der Waals surface area contributed by atoms with E-state index in [-0.39, 0.29) is 25.7 Å². The molecule has 0 fully saturated rings. The highest BCUT2D eigenvalue weighted by Gasteiger charge is 2.30. The zero-order valence-corrected chi connectivity index (χ0v) is 66.9. The molecule has 0 amide bonds. The Kier molecular flexibility index (Phi) is 67.8. The van der Waals surface area contributed by atoms with Crippen LogP contribution >= 0.6 is 15.6 Å². The summed E-state index contributed by atoms with van der Waals surface area (Å²) in [5.41, 5.74) is 0. The van der Waals surface area contributed by atoms with Crippen LogP contribution in [0.5, 0.6) is 0 Å². The fourth-order valence-corrected chi connectivity index (χ4v) is 13.8. The Morgan fingerprint density at radius 3 is 0.717 bits per heavy atom. The highest BCUT2D eigenvalue weighted by atomic mass is 31.2. The number of hydrogen-bond acceptors (Lipinski definition) is 15. The van der Waals surface area contributed by atoms with Crippen molar-refractivity contribution in [3.63, 3.8) is 0 Å². The molecule has 5 unspecified atom stereocenters. The Labute approximate surface area is 607 Å². The van der Waals surface area contributed by atoms with Crippen LogP contribution in [0.1, 0.15) is 409 Å². The molecule has 0 radical (unpaired) electrons. The molecule has 0 aromatic heterocycles. The molecule has 0 spiro atoms. The Bertz CT molecular complexity index is 1940. The molecule has 0 aromatic rings. The minimum atomic E-state index is -4.96. The summed E-state index contributed by atoms with van der Waals surface area (Å²) >= 11 is 0. The van der Waals surface area contributed by atoms with Gasteiger partial charge in [-0.25, -0.2) is 9.13 Å². The smallest absolute Gasteiger partial charge is 0.462 e. The maximum absolute atomic E-state index is 13.1. The van der Waals surface area contributed by atoms with Crippen molar-refractivity contribution in [1.29, 1.82) is 0 Å². The standard InChI is InChI=1S/C80H156O17P2/c1-9-72(7)58-50-42-33-27-23-19-15-13-11-12-14-16-21-25-29-35-46-54-62-79(84)96-75(66-90-77(82)60-52-44-37-31-32-40-48-56-70(3)4)68-94-98(86,87)92-64-74(81)65-93-99(88,89)95-69-76(67-91-78(83)61-53-45-39-38-41-49-57-71(5)6)97-80(85)63-55-47-36-30-26-22-18-17-20-24-28-34-43-51-59-73(8)10-2/h70-76,81H,9-69H2,1-8H3,(H,86,87)(H,88,89)/t72?,73?,74?,75-,76-/m1/s1. The van der Waals surface area contributed by atoms with E-state index < -0.39 is 97.5 Å². The summed E-state index contributed by atoms with van der Waals surface area (Å²) in [5, 5.41) is 10.6. The third-order valence-electron chi connectivity index (χ3n) is 19.3. The van der Waals surface area contributed by atoms with E-state index >= 15 is 0 Å². The lowest BCUT2D eigenvalue weighted by molar-refractivity contribution is -0.161. The van der Waals surface area contributed by atoms with Crippen molar-refractivity contribution in [3.05, 3.63) is 0 Å². The molecule has 0 aliphatic rings. The third-order valence-corrected chi connectivity index (χ3v) is 21.2. The lowest BCUT2D eigenvalue weighted by atomic mass is 9.99. The molecule has 0 aliphatic carbocycles. The monoisotopic (exact) mass is 1450 g/mol. The molecule has 0 bridgehead atoms. The van der Waals surface area contributed by atoms with E-state index in [0.29, 0.717) is 37.5 Å². The van der Waals surface area contributed by atoms with E-state index in [1.807, 2.05) is 0 Å². The minimum absolute atomic E-state index is 0.106. The third kappa shape index (κ3) is 71.5. The van der Waals surface area contributed by atoms with Crippen LogP contribution in [0.4, 0.5) is 0 Å². The van der Waals surface area contributed by atoms with Gasteiger partial charge < -0.3 is 33.8 Å². The molecule has 588 valence electrons. The van der Waals surface area contributed by atoms with Gasteiger partial charge in [0.15, 0.2) is 12.2 Å². The largest absolute Gasteiger partial charge is 0.472 e. The Morgan fingerprint density at radius 2 is 0.485 bits per heavy atom. The molecule has 0 rings (SSSR count). The Balaban J connectivity index is 5.14. The maximum atomic E-state index is 13.1. The van der Waals surface area contributed by atoms with E-state index in [9.17, 15) is 43.2 Å². The van der Waals surface area contributed by atoms with Crippen LogP contribution in [0.2, 0.25) is 0 Å². The number of rotatable bonds is 77. The fraction of sp³-hybridized carbons (Fsp3) is 0.950. The fourth-order valence-electron chi connectivity index (χ4n) is 12.2. The van der Waals surface area contributed by atoms with Gasteiger partial charge in [0.1, 0.15) is 19.3 Å². The number of unbranched alkanes of at least 4 members (excludes halogenated alkanes) is 41. The second-order valence-electron chi connectivity index (χ2n) is 30.2. The molecular formula is C80H156O17P2. The van der Waals surface area contributed by atoms with Crippen molar-refractivity contribution in [1.82, 2.24) is 0 Å². The summed E-state index contributed by atoms with van der Waals surface area (Å²) in [4.78, 5) is 72.9. The van der Waals surface area contributed by atoms with Gasteiger partial charge in [-0.3, -0.25) is 37.3 Å². The van der Waals surface area contributed by atoms with Crippen LogP contribution in [0.25, 0.3) is 0 Å². The molecule has 19 heteroatoms. The van der Waals surface area contributed by atoms with E-state index in [2.05, 4.69) is 55.4 Å². The lowest BCUT2D eigenvalue weighted by Gasteiger charge is -2.21. The van der Waals surface area contributed by atoms with Crippen LogP contribution in [-0.4, -0.2) is 96.7 Å². The molecule has 99 heavy (non-hydrogen) atoms. The molecule has 0 saturated heterocycles. The SMILES string of the molecule is CCC(C)CCCCCCCCCCCCCCCCCCCCC(=O)O[C@H](COC(=O)CCCCCCCCCC(C)C)COP(=O)(O)OCC(O)COP(=O)(O)OC[C@@H](COC(=O)CCCCCCCCC(C)C)OC(=O)CCCCCCCCCCCCCCCCC(C)CC. The van der Waals surface area contributed by atoms with Crippen molar-refractivity contribution in [2.45, 2.75) is 427 Å². The number of carbonyl (C=O) groups excluding carboxylic acids is 4. The number of phosphoric acid groups is 2. The second-order valence-corrected chi connectivity index (χ2v) is 33.1. The number of ether oxygens (including phenoxy) is 4. The summed E-state index contributed by atoms with van der Waals surface area (Å²) in [6.07, 6.45) is 55.8. The van der Waals surface area contributed by atoms with Gasteiger partial charge in [0, 0.05) is 25.7 Å². The zero-order valence-electron chi connectivity index (χ0n) is 65.1. The number of hydrogen-bond donors (Lipinski definition) is 3. The highest BCUT2D eigenvalue weighted by molar-refractivity contribution is 7.47. The summed E-state index contributed by atoms with van der Waals surface area (Å²) in [6.45, 7) is 14.2. The first-order valence-corrected chi connectivity index (χ1v) is 44.3. The summed E-state index contributed by atoms with van der Waals surface area (Å²) in [5.74, 6) is 0.981. The first-order chi connectivity index (χ1) is 47.7. The van der Waals surface area contributed by atoms with Crippen LogP contribution in [0.15, 0.2) is 0 Å². The number of esters is 4. The maximum Gasteiger partial charge on any atom is 0.472 e. The molecule has 0 aliphatic heterocycles. The van der Waals surface area contributed by atoms with Crippen molar-refractivity contribution in [3.8, 4) is 0 Å². The van der Waals surface area contributed by atoms with Crippen molar-refractivity contribution >= 4 is 39.5 Å². The van der Waals surface area contributed by atoms with Crippen LogP contribution < -0.4 is 0 Å². The summed E-state index contributed by atoms with van der Waals surface area (Å²) in [7, 11) is -9.92. The second kappa shape index (κ2) is 69.1. The first kappa shape index (κ1) is 97.1. The van der Waals surface area contributed by atoms with Crippen molar-refractivity contribution < 1.29 is 80.2 Å². The minimum Gasteiger partial charge on any atom is -0.462 e. The summed E-state index contributed by atoms with van der Waals surface area (Å²) in [6, 6.07) is 0. The van der Waals surface area contributed by atoms with Gasteiger partial charge in [0.25, 0.3) is 0 Å². The number of carbonyl (C=O) groups is 4. The number of aliphatic hydroxyl groups excluding tert-OH is 1. The van der Waals surface area contributed by atoms with Crippen molar-refractivity contribution in [2.75, 3.05) is 39.6 Å². The molecular weight excluding hydrogens is 1290 g/mol. The van der Waals surface area contributed by atoms with Crippen LogP contribution in [0, 0.1) is 23.7 Å². The van der Waals surface area contributed by atoms with E-state index in [1.54, 1.807) is 0 Å². The van der Waals surface area contributed by atoms with Crippen LogP contribution in [0.3, 0.4) is 0 Å². The van der Waals surface area contributed by atoms with Gasteiger partial charge in [-0.1, -0.05) is 357 Å². The average molecular weight is 1450 g/mol. The Morgan fingerprint density at radius 1 is 0.283 bits per heavy atom. The van der Waals surface area contributed by atoms with Gasteiger partial charge in [-0.2, -0.15) is 0 Å².